The van der Waals surface area contributed by atoms with Gasteiger partial charge in [0, 0.05) is 12.6 Å². The summed E-state index contributed by atoms with van der Waals surface area (Å²) in [4.78, 5) is 15.3. The highest BCUT2D eigenvalue weighted by molar-refractivity contribution is 5.85. The third-order valence-corrected chi connectivity index (χ3v) is 5.41. The van der Waals surface area contributed by atoms with E-state index in [-0.39, 0.29) is 11.2 Å². The zero-order chi connectivity index (χ0) is 18.1. The first kappa shape index (κ1) is 16.9. The van der Waals surface area contributed by atoms with Crippen LogP contribution in [0.2, 0.25) is 0 Å². The summed E-state index contributed by atoms with van der Waals surface area (Å²) in [6.07, 6.45) is 5.09. The minimum absolute atomic E-state index is 0.0645. The number of hydrogen-bond acceptors (Lipinski definition) is 4. The number of fused-ring (bicyclic) bond motifs is 1. The van der Waals surface area contributed by atoms with E-state index in [4.69, 9.17) is 4.42 Å². The Morgan fingerprint density at radius 2 is 1.96 bits per heavy atom. The summed E-state index contributed by atoms with van der Waals surface area (Å²) in [5.74, 6) is 0.186. The predicted octanol–water partition coefficient (Wildman–Crippen LogP) is 4.54. The average molecular weight is 349 g/mol. The van der Waals surface area contributed by atoms with Gasteiger partial charge in [-0.3, -0.25) is 9.69 Å². The Kier molecular flexibility index (Phi) is 4.51. The van der Waals surface area contributed by atoms with Crippen molar-refractivity contribution in [3.63, 3.8) is 0 Å². The lowest BCUT2D eigenvalue weighted by Crippen LogP contribution is -2.36. The molecular formula is C22H23NO3. The summed E-state index contributed by atoms with van der Waals surface area (Å²) < 4.78 is 5.88. The van der Waals surface area contributed by atoms with Crippen molar-refractivity contribution in [2.45, 2.75) is 38.8 Å². The SMILES string of the molecule is C[C@H]1CCCCN1Cc1c(O)ccc2c(=O)c(-c3ccccc3)coc12. The molecule has 0 radical (unpaired) electrons. The van der Waals surface area contributed by atoms with E-state index in [1.807, 2.05) is 30.3 Å². The minimum atomic E-state index is -0.0645. The summed E-state index contributed by atoms with van der Waals surface area (Å²) in [7, 11) is 0. The number of likely N-dealkylation sites (tertiary alicyclic amines) is 1. The van der Waals surface area contributed by atoms with Crippen LogP contribution in [0.25, 0.3) is 22.1 Å². The lowest BCUT2D eigenvalue weighted by atomic mass is 10.0. The second-order valence-corrected chi connectivity index (χ2v) is 7.10. The first-order valence-electron chi connectivity index (χ1n) is 9.21. The van der Waals surface area contributed by atoms with Crippen LogP contribution in [0.3, 0.4) is 0 Å². The number of rotatable bonds is 3. The van der Waals surface area contributed by atoms with Crippen LogP contribution in [0.15, 0.2) is 57.9 Å². The second kappa shape index (κ2) is 6.96. The molecule has 1 aromatic heterocycles. The second-order valence-electron chi connectivity index (χ2n) is 7.10. The van der Waals surface area contributed by atoms with E-state index >= 15 is 0 Å². The molecule has 4 nitrogen and oxygen atoms in total. The van der Waals surface area contributed by atoms with Crippen molar-refractivity contribution in [2.75, 3.05) is 6.54 Å². The summed E-state index contributed by atoms with van der Waals surface area (Å²) in [5.41, 5.74) is 2.51. The van der Waals surface area contributed by atoms with Crippen LogP contribution in [0.1, 0.15) is 31.7 Å². The smallest absolute Gasteiger partial charge is 0.200 e. The van der Waals surface area contributed by atoms with E-state index in [9.17, 15) is 9.90 Å². The van der Waals surface area contributed by atoms with Crippen molar-refractivity contribution in [1.82, 2.24) is 4.90 Å². The van der Waals surface area contributed by atoms with Crippen molar-refractivity contribution in [1.29, 1.82) is 0 Å². The number of hydrogen-bond donors (Lipinski definition) is 1. The maximum absolute atomic E-state index is 13.0. The molecule has 0 aliphatic carbocycles. The summed E-state index contributed by atoms with van der Waals surface area (Å²) in [6, 6.07) is 13.3. The van der Waals surface area contributed by atoms with Gasteiger partial charge in [-0.1, -0.05) is 36.8 Å². The lowest BCUT2D eigenvalue weighted by Gasteiger charge is -2.33. The number of aromatic hydroxyl groups is 1. The standard InChI is InChI=1S/C22H23NO3/c1-15-7-5-6-12-23(15)13-18-20(24)11-10-17-21(25)19(14-26-22(17)18)16-8-3-2-4-9-16/h2-4,8-11,14-15,24H,5-7,12-13H2,1H3/t15-/m0/s1. The monoisotopic (exact) mass is 349 g/mol. The van der Waals surface area contributed by atoms with Crippen molar-refractivity contribution in [2.24, 2.45) is 0 Å². The summed E-state index contributed by atoms with van der Waals surface area (Å²) >= 11 is 0. The van der Waals surface area contributed by atoms with Crippen molar-refractivity contribution in [3.8, 4) is 16.9 Å². The summed E-state index contributed by atoms with van der Waals surface area (Å²) in [6.45, 7) is 3.81. The van der Waals surface area contributed by atoms with Gasteiger partial charge in [0.05, 0.1) is 16.5 Å². The molecule has 134 valence electrons. The fraction of sp³-hybridized carbons (Fsp3) is 0.318. The maximum atomic E-state index is 13.0. The van der Waals surface area contributed by atoms with E-state index in [0.717, 1.165) is 24.9 Å². The fourth-order valence-corrected chi connectivity index (χ4v) is 3.81. The topological polar surface area (TPSA) is 53.7 Å². The molecular weight excluding hydrogens is 326 g/mol. The molecule has 3 aromatic rings. The molecule has 0 unspecified atom stereocenters. The Morgan fingerprint density at radius 1 is 1.15 bits per heavy atom. The number of phenolic OH excluding ortho intramolecular Hbond substituents is 1. The molecule has 0 bridgehead atoms. The van der Waals surface area contributed by atoms with Crippen LogP contribution in [-0.4, -0.2) is 22.6 Å². The van der Waals surface area contributed by atoms with Gasteiger partial charge in [-0.15, -0.1) is 0 Å². The molecule has 1 atom stereocenters. The van der Waals surface area contributed by atoms with Crippen LogP contribution in [0.4, 0.5) is 0 Å². The van der Waals surface area contributed by atoms with Crippen LogP contribution in [-0.2, 0) is 6.54 Å². The van der Waals surface area contributed by atoms with Gasteiger partial charge in [-0.25, -0.2) is 0 Å². The lowest BCUT2D eigenvalue weighted by molar-refractivity contribution is 0.151. The normalized spacial score (nSPS) is 18.3. The molecule has 2 aromatic carbocycles. The van der Waals surface area contributed by atoms with Gasteiger partial charge in [0.15, 0.2) is 0 Å². The zero-order valence-corrected chi connectivity index (χ0v) is 14.9. The maximum Gasteiger partial charge on any atom is 0.200 e. The number of phenols is 1. The van der Waals surface area contributed by atoms with Crippen LogP contribution in [0.5, 0.6) is 5.75 Å². The molecule has 4 rings (SSSR count). The minimum Gasteiger partial charge on any atom is -0.507 e. The van der Waals surface area contributed by atoms with E-state index in [0.29, 0.717) is 34.7 Å². The van der Waals surface area contributed by atoms with Gasteiger partial charge in [-0.05, 0) is 44.0 Å². The Hall–Kier alpha value is -2.59. The fourth-order valence-electron chi connectivity index (χ4n) is 3.81. The molecule has 0 saturated carbocycles. The molecule has 2 heterocycles. The van der Waals surface area contributed by atoms with Crippen LogP contribution in [0, 0.1) is 0 Å². The molecule has 1 aliphatic rings. The van der Waals surface area contributed by atoms with E-state index < -0.39 is 0 Å². The van der Waals surface area contributed by atoms with Gasteiger partial charge in [-0.2, -0.15) is 0 Å². The van der Waals surface area contributed by atoms with E-state index in [2.05, 4.69) is 11.8 Å². The largest absolute Gasteiger partial charge is 0.507 e. The van der Waals surface area contributed by atoms with E-state index in [1.54, 1.807) is 12.1 Å². The highest BCUT2D eigenvalue weighted by Gasteiger charge is 2.22. The molecule has 1 fully saturated rings. The molecule has 26 heavy (non-hydrogen) atoms. The van der Waals surface area contributed by atoms with Gasteiger partial charge in [0.1, 0.15) is 17.6 Å². The highest BCUT2D eigenvalue weighted by Crippen LogP contribution is 2.30. The number of benzene rings is 2. The first-order valence-corrected chi connectivity index (χ1v) is 9.21. The van der Waals surface area contributed by atoms with Gasteiger partial charge in [0.2, 0.25) is 5.43 Å². The van der Waals surface area contributed by atoms with Crippen LogP contribution >= 0.6 is 0 Å². The summed E-state index contributed by atoms with van der Waals surface area (Å²) in [5, 5.41) is 10.9. The zero-order valence-electron chi connectivity index (χ0n) is 14.9. The molecule has 1 aliphatic heterocycles. The molecule has 0 amide bonds. The van der Waals surface area contributed by atoms with Gasteiger partial charge in [0.25, 0.3) is 0 Å². The molecule has 1 saturated heterocycles. The van der Waals surface area contributed by atoms with Crippen molar-refractivity contribution >= 4 is 11.0 Å². The number of piperidine rings is 1. The van der Waals surface area contributed by atoms with Crippen molar-refractivity contribution < 1.29 is 9.52 Å². The van der Waals surface area contributed by atoms with E-state index in [1.165, 1.54) is 12.7 Å². The van der Waals surface area contributed by atoms with Gasteiger partial charge >= 0.3 is 0 Å². The number of nitrogens with zero attached hydrogens (tertiary/aromatic N) is 1. The predicted molar refractivity (Wildman–Crippen MR) is 103 cm³/mol. The molecule has 4 heteroatoms. The van der Waals surface area contributed by atoms with Gasteiger partial charge < -0.3 is 9.52 Å². The van der Waals surface area contributed by atoms with Crippen molar-refractivity contribution in [3.05, 3.63) is 64.5 Å². The molecule has 0 spiro atoms. The highest BCUT2D eigenvalue weighted by atomic mass is 16.3. The average Bonchev–Trinajstić information content (AvgIpc) is 2.66. The Bertz CT molecular complexity index is 978. The Balaban J connectivity index is 1.80. The molecule has 1 N–H and O–H groups in total. The third-order valence-electron chi connectivity index (χ3n) is 5.41. The third kappa shape index (κ3) is 3.01. The quantitative estimate of drug-likeness (QED) is 0.754. The Labute approximate surface area is 152 Å². The first-order chi connectivity index (χ1) is 12.6. The van der Waals surface area contributed by atoms with Crippen LogP contribution < -0.4 is 5.43 Å². The Morgan fingerprint density at radius 3 is 2.73 bits per heavy atom.